The Balaban J connectivity index is 5.23. The van der Waals surface area contributed by atoms with Crippen molar-refractivity contribution in [3.63, 3.8) is 0 Å². The maximum Gasteiger partial charge on any atom is 0.503 e. The van der Waals surface area contributed by atoms with Gasteiger partial charge in [-0.1, -0.05) is 40.7 Å². The van der Waals surface area contributed by atoms with Crippen LogP contribution in [0.4, 0.5) is 0 Å². The highest BCUT2D eigenvalue weighted by molar-refractivity contribution is 6.60. The molecule has 0 heterocycles. The molecule has 0 aliphatic heterocycles. The summed E-state index contributed by atoms with van der Waals surface area (Å²) < 4.78 is 23.6. The van der Waals surface area contributed by atoms with Gasteiger partial charge in [0.1, 0.15) is 0 Å². The first-order valence-electron chi connectivity index (χ1n) is 8.24. The highest BCUT2D eigenvalue weighted by atomic mass is 28.4. The molecule has 1 atom stereocenters. The number of esters is 1. The van der Waals surface area contributed by atoms with Gasteiger partial charge in [-0.15, -0.1) is 0 Å². The van der Waals surface area contributed by atoms with Crippen molar-refractivity contribution in [3.05, 3.63) is 12.7 Å². The highest BCUT2D eigenvalue weighted by Gasteiger charge is 2.47. The molecule has 0 saturated carbocycles. The van der Waals surface area contributed by atoms with E-state index in [1.807, 2.05) is 20.8 Å². The zero-order chi connectivity index (χ0) is 17.1. The normalized spacial score (nSPS) is 14.4. The topological polar surface area (TPSA) is 54.0 Å². The molecule has 0 spiro atoms. The second kappa shape index (κ2) is 10.9. The maximum absolute atomic E-state index is 11.6. The first kappa shape index (κ1) is 21.3. The maximum atomic E-state index is 11.6. The van der Waals surface area contributed by atoms with Crippen LogP contribution in [0.3, 0.4) is 0 Å². The lowest BCUT2D eigenvalue weighted by atomic mass is 10.2. The van der Waals surface area contributed by atoms with E-state index in [2.05, 4.69) is 13.5 Å². The number of carbonyl (C=O) groups is 1. The summed E-state index contributed by atoms with van der Waals surface area (Å²) in [5.74, 6) is -1.57. The molecule has 6 heteroatoms. The third kappa shape index (κ3) is 7.53. The molecule has 0 radical (unpaired) electrons. The van der Waals surface area contributed by atoms with Gasteiger partial charge in [0.05, 0.1) is 0 Å². The molecular weight excluding hydrogens is 300 g/mol. The Morgan fingerprint density at radius 3 is 2.00 bits per heavy atom. The Kier molecular flexibility index (Phi) is 10.6. The summed E-state index contributed by atoms with van der Waals surface area (Å²) in [7, 11) is -2.88. The average molecular weight is 333 g/mol. The lowest BCUT2D eigenvalue weighted by Gasteiger charge is -2.38. The first-order valence-corrected chi connectivity index (χ1v) is 10.2. The summed E-state index contributed by atoms with van der Waals surface area (Å²) in [6.45, 7) is 14.4. The van der Waals surface area contributed by atoms with Crippen molar-refractivity contribution in [1.82, 2.24) is 0 Å². The third-order valence-corrected chi connectivity index (χ3v) is 6.25. The Bertz CT molecular complexity index is 326. The van der Waals surface area contributed by atoms with Gasteiger partial charge in [0.15, 0.2) is 0 Å². The van der Waals surface area contributed by atoms with Crippen LogP contribution in [0.15, 0.2) is 12.7 Å². The van der Waals surface area contributed by atoms with Crippen LogP contribution in [-0.2, 0) is 22.8 Å². The molecule has 0 fully saturated rings. The van der Waals surface area contributed by atoms with E-state index in [0.717, 1.165) is 25.3 Å². The molecule has 0 amide bonds. The van der Waals surface area contributed by atoms with E-state index in [0.29, 0.717) is 25.7 Å². The van der Waals surface area contributed by atoms with Gasteiger partial charge >= 0.3 is 14.8 Å². The molecule has 22 heavy (non-hydrogen) atoms. The number of ether oxygens (including phenoxy) is 1. The third-order valence-electron chi connectivity index (χ3n) is 3.11. The molecular formula is C16H32O5Si. The van der Waals surface area contributed by atoms with Crippen molar-refractivity contribution in [1.29, 1.82) is 0 Å². The van der Waals surface area contributed by atoms with E-state index in [9.17, 15) is 4.79 Å². The van der Waals surface area contributed by atoms with Crippen molar-refractivity contribution >= 4 is 14.8 Å². The lowest BCUT2D eigenvalue weighted by molar-refractivity contribution is -0.203. The molecule has 0 aromatic rings. The molecule has 1 unspecified atom stereocenters. The zero-order valence-electron chi connectivity index (χ0n) is 14.8. The number of carbonyl (C=O) groups excluding carboxylic acids is 1. The summed E-state index contributed by atoms with van der Waals surface area (Å²) in [4.78, 5) is 11.6. The van der Waals surface area contributed by atoms with Gasteiger partial charge in [-0.2, -0.15) is 0 Å². The van der Waals surface area contributed by atoms with Crippen LogP contribution in [0.5, 0.6) is 0 Å². The molecule has 130 valence electrons. The second-order valence-electron chi connectivity index (χ2n) is 5.34. The van der Waals surface area contributed by atoms with Crippen LogP contribution >= 0.6 is 0 Å². The van der Waals surface area contributed by atoms with Gasteiger partial charge in [0.2, 0.25) is 5.79 Å². The van der Waals surface area contributed by atoms with Crippen LogP contribution in [0, 0.1) is 0 Å². The van der Waals surface area contributed by atoms with Gasteiger partial charge in [0.25, 0.3) is 0 Å². The number of hydrogen-bond donors (Lipinski definition) is 0. The Hall–Kier alpha value is -0.693. The Labute approximate surface area is 136 Å². The van der Waals surface area contributed by atoms with Crippen LogP contribution in [0.1, 0.15) is 60.3 Å². The fourth-order valence-corrected chi connectivity index (χ4v) is 4.94. The highest BCUT2D eigenvalue weighted by Crippen LogP contribution is 2.28. The molecule has 0 aromatic heterocycles. The van der Waals surface area contributed by atoms with Crippen molar-refractivity contribution in [3.8, 4) is 0 Å². The minimum absolute atomic E-state index is 0.505. The molecule has 0 saturated heterocycles. The zero-order valence-corrected chi connectivity index (χ0v) is 15.8. The van der Waals surface area contributed by atoms with Crippen molar-refractivity contribution in [2.75, 3.05) is 13.2 Å². The van der Waals surface area contributed by atoms with E-state index in [-0.39, 0.29) is 0 Å². The molecule has 5 nitrogen and oxygen atoms in total. The fraction of sp³-hybridized carbons (Fsp3) is 0.812. The minimum atomic E-state index is -2.88. The van der Waals surface area contributed by atoms with Crippen molar-refractivity contribution < 1.29 is 22.8 Å². The largest absolute Gasteiger partial charge is 0.503 e. The van der Waals surface area contributed by atoms with E-state index in [1.165, 1.54) is 0 Å². The molecule has 0 N–H and O–H groups in total. The summed E-state index contributed by atoms with van der Waals surface area (Å²) in [6.07, 6.45) is 4.30. The molecule has 0 bridgehead atoms. The van der Waals surface area contributed by atoms with Gasteiger partial charge in [-0.05, 0) is 12.8 Å². The van der Waals surface area contributed by atoms with E-state index < -0.39 is 20.6 Å². The smallest absolute Gasteiger partial charge is 0.431 e. The fourth-order valence-electron chi connectivity index (χ4n) is 1.87. The number of hydrogen-bond acceptors (Lipinski definition) is 5. The molecule has 0 aliphatic carbocycles. The minimum Gasteiger partial charge on any atom is -0.431 e. The predicted molar refractivity (Wildman–Crippen MR) is 89.4 cm³/mol. The van der Waals surface area contributed by atoms with Crippen LogP contribution in [-0.4, -0.2) is 33.8 Å². The molecule has 0 aromatic carbocycles. The molecule has 0 aliphatic rings. The van der Waals surface area contributed by atoms with Gasteiger partial charge in [-0.3, -0.25) is 0 Å². The van der Waals surface area contributed by atoms with Gasteiger partial charge in [-0.25, -0.2) is 4.79 Å². The van der Waals surface area contributed by atoms with Gasteiger partial charge < -0.3 is 18.0 Å². The second-order valence-corrected chi connectivity index (χ2v) is 7.99. The van der Waals surface area contributed by atoms with E-state index >= 15 is 0 Å². The standard InChI is InChI=1S/C16H32O5Si/c1-7-12-18-22(14-9-3,19-13-8-2)21-16(6,11-5)20-15(17)10-4/h10H,4,7-9,11-14H2,1-3,5-6H3. The summed E-state index contributed by atoms with van der Waals surface area (Å²) in [5, 5.41) is 0. The lowest BCUT2D eigenvalue weighted by Crippen LogP contribution is -2.53. The summed E-state index contributed by atoms with van der Waals surface area (Å²) >= 11 is 0. The SMILES string of the molecule is C=CC(=O)OC(C)(CC)O[Si](CCC)(OCCC)OCCC. The van der Waals surface area contributed by atoms with E-state index in [1.54, 1.807) is 6.92 Å². The van der Waals surface area contributed by atoms with Gasteiger partial charge in [0, 0.05) is 38.7 Å². The van der Waals surface area contributed by atoms with Crippen LogP contribution in [0.2, 0.25) is 6.04 Å². The quantitative estimate of drug-likeness (QED) is 0.220. The average Bonchev–Trinajstić information content (AvgIpc) is 2.51. The van der Waals surface area contributed by atoms with Crippen LogP contribution in [0.25, 0.3) is 0 Å². The monoisotopic (exact) mass is 332 g/mol. The summed E-state index contributed by atoms with van der Waals surface area (Å²) in [5.41, 5.74) is 0. The van der Waals surface area contributed by atoms with Crippen molar-refractivity contribution in [2.24, 2.45) is 0 Å². The Morgan fingerprint density at radius 2 is 1.64 bits per heavy atom. The first-order chi connectivity index (χ1) is 10.4. The predicted octanol–water partition coefficient (Wildman–Crippen LogP) is 4.06. The summed E-state index contributed by atoms with van der Waals surface area (Å²) in [6, 6.07) is 0.703. The Morgan fingerprint density at radius 1 is 1.09 bits per heavy atom. The molecule has 0 rings (SSSR count). The van der Waals surface area contributed by atoms with Crippen molar-refractivity contribution in [2.45, 2.75) is 72.1 Å². The number of rotatable bonds is 13. The van der Waals surface area contributed by atoms with E-state index in [4.69, 9.17) is 18.0 Å². The van der Waals surface area contributed by atoms with Crippen LogP contribution < -0.4 is 0 Å².